The Morgan fingerprint density at radius 1 is 1.21 bits per heavy atom. The molecular weight excluding hydrogens is 260 g/mol. The van der Waals surface area contributed by atoms with Crippen molar-refractivity contribution < 1.29 is 4.74 Å². The monoisotopic (exact) mass is 278 g/mol. The summed E-state index contributed by atoms with van der Waals surface area (Å²) in [5.74, 6) is 0. The van der Waals surface area contributed by atoms with Gasteiger partial charge in [-0.25, -0.2) is 0 Å². The van der Waals surface area contributed by atoms with Crippen molar-refractivity contribution in [2.24, 2.45) is 0 Å². The van der Waals surface area contributed by atoms with Gasteiger partial charge in [-0.15, -0.1) is 12.4 Å². The Labute approximate surface area is 119 Å². The third kappa shape index (κ3) is 1.88. The number of halogens is 1. The fourth-order valence-corrected chi connectivity index (χ4v) is 3.42. The molecule has 3 heterocycles. The predicted molar refractivity (Wildman–Crippen MR) is 78.9 cm³/mol. The van der Waals surface area contributed by atoms with Crippen LogP contribution in [0.1, 0.15) is 16.8 Å². The number of benzene rings is 1. The Morgan fingerprint density at radius 2 is 2.11 bits per heavy atom. The predicted octanol–water partition coefficient (Wildman–Crippen LogP) is 2.58. The lowest BCUT2D eigenvalue weighted by molar-refractivity contribution is 0.119. The van der Waals surface area contributed by atoms with E-state index in [1.54, 1.807) is 11.3 Å². The Kier molecular flexibility index (Phi) is 3.29. The minimum atomic E-state index is 0. The van der Waals surface area contributed by atoms with Gasteiger partial charge >= 0.3 is 0 Å². The van der Waals surface area contributed by atoms with Gasteiger partial charge in [-0.2, -0.15) is 0 Å². The number of nitrogens with zero attached hydrogens (tertiary/aromatic N) is 2. The van der Waals surface area contributed by atoms with Crippen LogP contribution in [0.5, 0.6) is 0 Å². The van der Waals surface area contributed by atoms with Crippen LogP contribution < -0.4 is 0 Å². The molecule has 3 nitrogen and oxygen atoms in total. The van der Waals surface area contributed by atoms with Crippen LogP contribution in [0.2, 0.25) is 0 Å². The van der Waals surface area contributed by atoms with E-state index in [0.717, 1.165) is 26.3 Å². The molecule has 0 bridgehead atoms. The second-order valence-corrected chi connectivity index (χ2v) is 5.43. The molecule has 1 aromatic carbocycles. The SMILES string of the molecule is CN1CCc2c(c3cccc4c3n2CCOC4)C1.Cl. The van der Waals surface area contributed by atoms with Crippen molar-refractivity contribution in [1.29, 1.82) is 0 Å². The van der Waals surface area contributed by atoms with E-state index in [4.69, 9.17) is 4.74 Å². The number of fused-ring (bicyclic) bond motifs is 3. The van der Waals surface area contributed by atoms with Gasteiger partial charge in [0.2, 0.25) is 0 Å². The van der Waals surface area contributed by atoms with Crippen molar-refractivity contribution in [2.45, 2.75) is 26.1 Å². The topological polar surface area (TPSA) is 17.4 Å². The van der Waals surface area contributed by atoms with Crippen molar-refractivity contribution in [2.75, 3.05) is 20.2 Å². The highest BCUT2D eigenvalue weighted by Gasteiger charge is 2.24. The number of rotatable bonds is 0. The minimum Gasteiger partial charge on any atom is -0.375 e. The van der Waals surface area contributed by atoms with Gasteiger partial charge in [-0.1, -0.05) is 18.2 Å². The van der Waals surface area contributed by atoms with Gasteiger partial charge in [0.05, 0.1) is 18.7 Å². The maximum Gasteiger partial charge on any atom is 0.0738 e. The van der Waals surface area contributed by atoms with E-state index >= 15 is 0 Å². The molecule has 0 fully saturated rings. The van der Waals surface area contributed by atoms with Gasteiger partial charge in [0.15, 0.2) is 0 Å². The quantitative estimate of drug-likeness (QED) is 0.737. The lowest BCUT2D eigenvalue weighted by Gasteiger charge is -2.24. The zero-order chi connectivity index (χ0) is 12.1. The van der Waals surface area contributed by atoms with Gasteiger partial charge in [0.25, 0.3) is 0 Å². The summed E-state index contributed by atoms with van der Waals surface area (Å²) in [6, 6.07) is 6.66. The number of hydrogen-bond donors (Lipinski definition) is 0. The number of para-hydroxylation sites is 1. The first-order valence-electron chi connectivity index (χ1n) is 6.73. The molecule has 4 heteroatoms. The highest BCUT2D eigenvalue weighted by atomic mass is 35.5. The standard InChI is InChI=1S/C15H18N2O.ClH/c1-16-6-5-14-13(9-16)12-4-2-3-11-10-18-8-7-17(14)15(11)12;/h2-4H,5-10H2,1H3;1H. The molecule has 0 saturated heterocycles. The zero-order valence-electron chi connectivity index (χ0n) is 11.2. The first kappa shape index (κ1) is 13.0. The average Bonchev–Trinajstić information content (AvgIpc) is 2.56. The number of ether oxygens (including phenoxy) is 1. The maximum atomic E-state index is 5.71. The molecule has 0 saturated carbocycles. The highest BCUT2D eigenvalue weighted by Crippen LogP contribution is 2.33. The molecule has 2 aromatic rings. The van der Waals surface area contributed by atoms with Crippen molar-refractivity contribution in [3.8, 4) is 0 Å². The third-order valence-corrected chi connectivity index (χ3v) is 4.26. The van der Waals surface area contributed by atoms with Crippen LogP contribution >= 0.6 is 12.4 Å². The Bertz CT molecular complexity index is 620. The van der Waals surface area contributed by atoms with E-state index in [2.05, 4.69) is 34.7 Å². The Morgan fingerprint density at radius 3 is 3.00 bits per heavy atom. The van der Waals surface area contributed by atoms with Crippen LogP contribution in [-0.4, -0.2) is 29.7 Å². The molecule has 1 aromatic heterocycles. The van der Waals surface area contributed by atoms with Crippen molar-refractivity contribution in [3.63, 3.8) is 0 Å². The summed E-state index contributed by atoms with van der Waals surface area (Å²) in [5, 5.41) is 1.44. The second-order valence-electron chi connectivity index (χ2n) is 5.43. The van der Waals surface area contributed by atoms with E-state index in [1.807, 2.05) is 0 Å². The Hall–Kier alpha value is -1.03. The Balaban J connectivity index is 0.00000110. The van der Waals surface area contributed by atoms with Gasteiger partial charge in [-0.3, -0.25) is 0 Å². The molecule has 0 radical (unpaired) electrons. The van der Waals surface area contributed by atoms with E-state index in [-0.39, 0.29) is 12.4 Å². The molecule has 4 rings (SSSR count). The van der Waals surface area contributed by atoms with Crippen molar-refractivity contribution in [1.82, 2.24) is 9.47 Å². The van der Waals surface area contributed by atoms with E-state index < -0.39 is 0 Å². The number of hydrogen-bond acceptors (Lipinski definition) is 2. The molecule has 2 aliphatic heterocycles. The molecule has 0 aliphatic carbocycles. The van der Waals surface area contributed by atoms with Crippen LogP contribution in [0.15, 0.2) is 18.2 Å². The van der Waals surface area contributed by atoms with Gasteiger partial charge < -0.3 is 14.2 Å². The van der Waals surface area contributed by atoms with E-state index in [9.17, 15) is 0 Å². The first-order valence-corrected chi connectivity index (χ1v) is 6.73. The second kappa shape index (κ2) is 4.82. The summed E-state index contributed by atoms with van der Waals surface area (Å²) < 4.78 is 8.22. The van der Waals surface area contributed by atoms with Crippen LogP contribution in [0, 0.1) is 0 Å². The van der Waals surface area contributed by atoms with E-state index in [0.29, 0.717) is 0 Å². The highest BCUT2D eigenvalue weighted by molar-refractivity contribution is 5.88. The molecule has 0 unspecified atom stereocenters. The summed E-state index contributed by atoms with van der Waals surface area (Å²) in [5.41, 5.74) is 5.86. The molecule has 102 valence electrons. The summed E-state index contributed by atoms with van der Waals surface area (Å²) in [4.78, 5) is 2.42. The zero-order valence-corrected chi connectivity index (χ0v) is 12.0. The summed E-state index contributed by atoms with van der Waals surface area (Å²) in [7, 11) is 2.21. The van der Waals surface area contributed by atoms with E-state index in [1.165, 1.54) is 29.4 Å². The third-order valence-electron chi connectivity index (χ3n) is 4.26. The molecule has 0 N–H and O–H groups in total. The average molecular weight is 279 g/mol. The smallest absolute Gasteiger partial charge is 0.0738 e. The van der Waals surface area contributed by atoms with Crippen molar-refractivity contribution >= 4 is 23.3 Å². The fourth-order valence-electron chi connectivity index (χ4n) is 3.42. The molecule has 0 spiro atoms. The maximum absolute atomic E-state index is 5.71. The molecule has 0 amide bonds. The molecule has 0 atom stereocenters. The summed E-state index contributed by atoms with van der Waals surface area (Å²) >= 11 is 0. The van der Waals surface area contributed by atoms with Gasteiger partial charge in [0, 0.05) is 42.7 Å². The lowest BCUT2D eigenvalue weighted by Crippen LogP contribution is -2.27. The lowest BCUT2D eigenvalue weighted by atomic mass is 10.0. The van der Waals surface area contributed by atoms with Gasteiger partial charge in [-0.05, 0) is 12.6 Å². The largest absolute Gasteiger partial charge is 0.375 e. The van der Waals surface area contributed by atoms with Crippen molar-refractivity contribution in [3.05, 3.63) is 35.0 Å². The molecular formula is C15H19ClN2O. The normalized spacial score (nSPS) is 18.8. The van der Waals surface area contributed by atoms with Crippen LogP contribution in [-0.2, 0) is 30.9 Å². The van der Waals surface area contributed by atoms with Crippen LogP contribution in [0.3, 0.4) is 0 Å². The summed E-state index contributed by atoms with van der Waals surface area (Å²) in [6.45, 7) is 4.85. The molecule has 19 heavy (non-hydrogen) atoms. The first-order chi connectivity index (χ1) is 8.84. The number of aromatic nitrogens is 1. The number of likely N-dealkylation sites (N-methyl/N-ethyl adjacent to an activating group) is 1. The molecule has 2 aliphatic rings. The van der Waals surface area contributed by atoms with Gasteiger partial charge in [0.1, 0.15) is 0 Å². The van der Waals surface area contributed by atoms with Crippen LogP contribution in [0.4, 0.5) is 0 Å². The summed E-state index contributed by atoms with van der Waals surface area (Å²) in [6.07, 6.45) is 1.17. The van der Waals surface area contributed by atoms with Crippen LogP contribution in [0.25, 0.3) is 10.9 Å². The fraction of sp³-hybridized carbons (Fsp3) is 0.467. The minimum absolute atomic E-state index is 0.